The van der Waals surface area contributed by atoms with Gasteiger partial charge in [-0.05, 0) is 43.2 Å². The van der Waals surface area contributed by atoms with Crippen LogP contribution in [-0.4, -0.2) is 24.5 Å². The van der Waals surface area contributed by atoms with Gasteiger partial charge in [-0.25, -0.2) is 9.18 Å². The number of hydrogen-bond donors (Lipinski definition) is 2. The molecule has 2 N–H and O–H groups in total. The van der Waals surface area contributed by atoms with E-state index < -0.39 is 5.82 Å². The second kappa shape index (κ2) is 6.93. The molecule has 1 aliphatic rings. The largest absolute Gasteiger partial charge is 0.333 e. The summed E-state index contributed by atoms with van der Waals surface area (Å²) in [6, 6.07) is 11.0. The molecule has 5 nitrogen and oxygen atoms in total. The molecule has 0 spiro atoms. The first-order valence-electron chi connectivity index (χ1n) is 8.13. The highest BCUT2D eigenvalue weighted by molar-refractivity contribution is 5.98. The maximum Gasteiger partial charge on any atom is 0.319 e. The van der Waals surface area contributed by atoms with Crippen LogP contribution in [0.3, 0.4) is 0 Å². The number of nitrogens with zero attached hydrogens (tertiary/aromatic N) is 1. The Morgan fingerprint density at radius 2 is 1.84 bits per heavy atom. The van der Waals surface area contributed by atoms with Crippen molar-refractivity contribution in [1.82, 2.24) is 5.32 Å². The second-order valence-corrected chi connectivity index (χ2v) is 6.25. The minimum atomic E-state index is -0.394. The van der Waals surface area contributed by atoms with Crippen molar-refractivity contribution in [2.75, 3.05) is 16.8 Å². The van der Waals surface area contributed by atoms with Gasteiger partial charge in [-0.1, -0.05) is 24.3 Å². The van der Waals surface area contributed by atoms with Gasteiger partial charge in [0.05, 0.1) is 6.04 Å². The fourth-order valence-electron chi connectivity index (χ4n) is 3.04. The fourth-order valence-corrected chi connectivity index (χ4v) is 3.04. The van der Waals surface area contributed by atoms with Crippen LogP contribution in [0.4, 0.5) is 20.6 Å². The monoisotopic (exact) mass is 341 g/mol. The molecule has 3 amide bonds. The molecule has 2 aromatic carbocycles. The summed E-state index contributed by atoms with van der Waals surface area (Å²) in [4.78, 5) is 25.9. The summed E-state index contributed by atoms with van der Waals surface area (Å²) in [6.45, 7) is 4.17. The lowest BCUT2D eigenvalue weighted by Crippen LogP contribution is -2.40. The van der Waals surface area contributed by atoms with Crippen LogP contribution < -0.4 is 15.5 Å². The summed E-state index contributed by atoms with van der Waals surface area (Å²) in [7, 11) is 0. The highest BCUT2D eigenvalue weighted by Gasteiger charge is 2.31. The van der Waals surface area contributed by atoms with E-state index in [0.717, 1.165) is 16.8 Å². The Labute approximate surface area is 145 Å². The molecule has 1 heterocycles. The first-order valence-corrected chi connectivity index (χ1v) is 8.13. The molecule has 1 saturated heterocycles. The molecule has 2 aromatic rings. The lowest BCUT2D eigenvalue weighted by Gasteiger charge is -2.18. The topological polar surface area (TPSA) is 61.4 Å². The van der Waals surface area contributed by atoms with Crippen molar-refractivity contribution < 1.29 is 14.0 Å². The molecule has 0 aliphatic carbocycles. The standard InChI is InChI=1S/C19H20FN3O2/c1-12-5-3-6-13(2)18(12)22-19(25)21-15-10-17(24)23(11-15)16-8-4-7-14(20)9-16/h3-9,15H,10-11H2,1-2H3,(H2,21,22,25)/t15-/m0/s1. The normalized spacial score (nSPS) is 16.8. The van der Waals surface area contributed by atoms with Gasteiger partial charge in [0, 0.05) is 24.3 Å². The minimum absolute atomic E-state index is 0.136. The van der Waals surface area contributed by atoms with E-state index >= 15 is 0 Å². The van der Waals surface area contributed by atoms with E-state index in [2.05, 4.69) is 10.6 Å². The number of nitrogens with one attached hydrogen (secondary N) is 2. The summed E-state index contributed by atoms with van der Waals surface area (Å²) in [5.74, 6) is -0.530. The molecule has 0 bridgehead atoms. The number of carbonyl (C=O) groups excluding carboxylic acids is 2. The molecule has 0 saturated carbocycles. The zero-order valence-corrected chi connectivity index (χ0v) is 14.2. The molecule has 0 radical (unpaired) electrons. The van der Waals surface area contributed by atoms with Crippen LogP contribution in [0.2, 0.25) is 0 Å². The molecular formula is C19H20FN3O2. The van der Waals surface area contributed by atoms with Gasteiger partial charge in [0.25, 0.3) is 0 Å². The zero-order chi connectivity index (χ0) is 18.0. The van der Waals surface area contributed by atoms with Crippen molar-refractivity contribution in [2.45, 2.75) is 26.3 Å². The van der Waals surface area contributed by atoms with Crippen molar-refractivity contribution in [2.24, 2.45) is 0 Å². The SMILES string of the molecule is Cc1cccc(C)c1NC(=O)N[C@H]1CC(=O)N(c2cccc(F)c2)C1. The first kappa shape index (κ1) is 17.0. The van der Waals surface area contributed by atoms with Crippen LogP contribution in [0, 0.1) is 19.7 Å². The van der Waals surface area contributed by atoms with Crippen molar-refractivity contribution in [3.8, 4) is 0 Å². The summed E-state index contributed by atoms with van der Waals surface area (Å²) in [5, 5.41) is 5.66. The number of halogens is 1. The Hall–Kier alpha value is -2.89. The second-order valence-electron chi connectivity index (χ2n) is 6.25. The third-order valence-electron chi connectivity index (χ3n) is 4.30. The van der Waals surface area contributed by atoms with E-state index in [1.54, 1.807) is 12.1 Å². The summed E-state index contributed by atoms with van der Waals surface area (Å²) in [5.41, 5.74) is 3.22. The number of aryl methyl sites for hydroxylation is 2. The maximum absolute atomic E-state index is 13.4. The van der Waals surface area contributed by atoms with Crippen molar-refractivity contribution in [3.63, 3.8) is 0 Å². The van der Waals surface area contributed by atoms with Crippen molar-refractivity contribution in [3.05, 3.63) is 59.4 Å². The minimum Gasteiger partial charge on any atom is -0.333 e. The molecule has 1 fully saturated rings. The van der Waals surface area contributed by atoms with Gasteiger partial charge in [0.2, 0.25) is 5.91 Å². The number of hydrogen-bond acceptors (Lipinski definition) is 2. The molecule has 0 unspecified atom stereocenters. The highest BCUT2D eigenvalue weighted by Crippen LogP contribution is 2.23. The van der Waals surface area contributed by atoms with Gasteiger partial charge in [0.15, 0.2) is 0 Å². The Bertz CT molecular complexity index is 802. The number of amides is 3. The maximum atomic E-state index is 13.4. The van der Waals surface area contributed by atoms with Gasteiger partial charge in [-0.15, -0.1) is 0 Å². The number of anilines is 2. The quantitative estimate of drug-likeness (QED) is 0.899. The predicted octanol–water partition coefficient (Wildman–Crippen LogP) is 3.37. The lowest BCUT2D eigenvalue weighted by atomic mass is 10.1. The molecule has 130 valence electrons. The van der Waals surface area contributed by atoms with Gasteiger partial charge in [-0.2, -0.15) is 0 Å². The number of carbonyl (C=O) groups is 2. The highest BCUT2D eigenvalue weighted by atomic mass is 19.1. The van der Waals surface area contributed by atoms with E-state index in [1.807, 2.05) is 32.0 Å². The van der Waals surface area contributed by atoms with Crippen LogP contribution in [0.1, 0.15) is 17.5 Å². The number of benzene rings is 2. The molecule has 0 aromatic heterocycles. The lowest BCUT2D eigenvalue weighted by molar-refractivity contribution is -0.117. The third kappa shape index (κ3) is 3.79. The van der Waals surface area contributed by atoms with Gasteiger partial charge in [-0.3, -0.25) is 4.79 Å². The van der Waals surface area contributed by atoms with E-state index in [4.69, 9.17) is 0 Å². The van der Waals surface area contributed by atoms with Crippen molar-refractivity contribution in [1.29, 1.82) is 0 Å². The summed E-state index contributed by atoms with van der Waals surface area (Å²) in [6.07, 6.45) is 0.191. The van der Waals surface area contributed by atoms with Crippen molar-refractivity contribution >= 4 is 23.3 Å². The van der Waals surface area contributed by atoms with Crippen LogP contribution in [-0.2, 0) is 4.79 Å². The molecule has 1 aliphatic heterocycles. The molecular weight excluding hydrogens is 321 g/mol. The van der Waals surface area contributed by atoms with Crippen LogP contribution >= 0.6 is 0 Å². The van der Waals surface area contributed by atoms with E-state index in [9.17, 15) is 14.0 Å². The Balaban J connectivity index is 1.64. The Kier molecular flexibility index (Phi) is 4.70. The smallest absolute Gasteiger partial charge is 0.319 e. The van der Waals surface area contributed by atoms with Gasteiger partial charge >= 0.3 is 6.03 Å². The average Bonchev–Trinajstić information content (AvgIpc) is 2.91. The first-order chi connectivity index (χ1) is 11.9. The predicted molar refractivity (Wildman–Crippen MR) is 95.2 cm³/mol. The van der Waals surface area contributed by atoms with Gasteiger partial charge < -0.3 is 15.5 Å². The molecule has 3 rings (SSSR count). The van der Waals surface area contributed by atoms with Crippen LogP contribution in [0.15, 0.2) is 42.5 Å². The van der Waals surface area contributed by atoms with Gasteiger partial charge in [0.1, 0.15) is 5.82 Å². The summed E-state index contributed by atoms with van der Waals surface area (Å²) >= 11 is 0. The number of para-hydroxylation sites is 1. The number of rotatable bonds is 3. The summed E-state index contributed by atoms with van der Waals surface area (Å²) < 4.78 is 13.4. The van der Waals surface area contributed by atoms with E-state index in [0.29, 0.717) is 12.2 Å². The van der Waals surface area contributed by atoms with E-state index in [-0.39, 0.29) is 24.4 Å². The van der Waals surface area contributed by atoms with Crippen LogP contribution in [0.25, 0.3) is 0 Å². The molecule has 1 atom stereocenters. The molecule has 6 heteroatoms. The zero-order valence-electron chi connectivity index (χ0n) is 14.2. The Morgan fingerprint density at radius 1 is 1.16 bits per heavy atom. The van der Waals surface area contributed by atoms with Crippen LogP contribution in [0.5, 0.6) is 0 Å². The van der Waals surface area contributed by atoms with E-state index in [1.165, 1.54) is 17.0 Å². The average molecular weight is 341 g/mol. The molecule has 25 heavy (non-hydrogen) atoms. The third-order valence-corrected chi connectivity index (χ3v) is 4.30. The number of urea groups is 1. The Morgan fingerprint density at radius 3 is 2.52 bits per heavy atom. The fraction of sp³-hybridized carbons (Fsp3) is 0.263.